The first-order chi connectivity index (χ1) is 8.17. The number of aromatic nitrogens is 2. The van der Waals surface area contributed by atoms with Crippen LogP contribution in [0.5, 0.6) is 0 Å². The highest BCUT2D eigenvalue weighted by molar-refractivity contribution is 7.15. The van der Waals surface area contributed by atoms with Crippen molar-refractivity contribution >= 4 is 45.3 Å². The first kappa shape index (κ1) is 12.5. The summed E-state index contributed by atoms with van der Waals surface area (Å²) >= 11 is 8.54. The highest BCUT2D eigenvalue weighted by Crippen LogP contribution is 2.17. The van der Waals surface area contributed by atoms with Crippen LogP contribution in [-0.2, 0) is 17.1 Å². The number of nitrogens with zero attached hydrogens (tertiary/aromatic N) is 2. The summed E-state index contributed by atoms with van der Waals surface area (Å²) in [6.07, 6.45) is 2.00. The summed E-state index contributed by atoms with van der Waals surface area (Å²) in [6.45, 7) is 1.95. The molecule has 90 valence electrons. The molecule has 1 amide bonds. The number of rotatable bonds is 4. The molecule has 4 nitrogen and oxygen atoms in total. The second kappa shape index (κ2) is 5.57. The van der Waals surface area contributed by atoms with E-state index in [0.29, 0.717) is 11.0 Å². The Labute approximate surface area is 112 Å². The Morgan fingerprint density at radius 1 is 1.59 bits per heavy atom. The maximum atomic E-state index is 11.7. The van der Waals surface area contributed by atoms with Gasteiger partial charge in [0.2, 0.25) is 5.91 Å². The lowest BCUT2D eigenvalue weighted by atomic mass is 10.4. The molecular formula is C10H10ClN3OS2. The van der Waals surface area contributed by atoms with E-state index in [1.807, 2.05) is 12.3 Å². The topological polar surface area (TPSA) is 54.9 Å². The summed E-state index contributed by atoms with van der Waals surface area (Å²) in [6, 6.07) is 0. The Bertz CT molecular complexity index is 523. The van der Waals surface area contributed by atoms with Crippen molar-refractivity contribution in [2.75, 3.05) is 5.32 Å². The van der Waals surface area contributed by atoms with Gasteiger partial charge in [0, 0.05) is 16.5 Å². The fraction of sp³-hybridized carbons (Fsp3) is 0.300. The van der Waals surface area contributed by atoms with Crippen LogP contribution >= 0.6 is 34.3 Å². The number of anilines is 1. The van der Waals surface area contributed by atoms with Crippen LogP contribution in [0, 0.1) is 6.92 Å². The van der Waals surface area contributed by atoms with Gasteiger partial charge in [0.25, 0.3) is 0 Å². The normalized spacial score (nSPS) is 10.5. The van der Waals surface area contributed by atoms with E-state index in [2.05, 4.69) is 15.3 Å². The van der Waals surface area contributed by atoms with E-state index in [0.717, 1.165) is 15.6 Å². The van der Waals surface area contributed by atoms with Crippen molar-refractivity contribution in [1.29, 1.82) is 0 Å². The van der Waals surface area contributed by atoms with Crippen LogP contribution in [0.1, 0.15) is 15.6 Å². The summed E-state index contributed by atoms with van der Waals surface area (Å²) in [5.74, 6) is 0.277. The molecule has 0 aliphatic heterocycles. The van der Waals surface area contributed by atoms with Gasteiger partial charge in [-0.05, 0) is 6.92 Å². The molecule has 0 saturated heterocycles. The molecule has 2 heterocycles. The van der Waals surface area contributed by atoms with Crippen LogP contribution in [-0.4, -0.2) is 15.9 Å². The average Bonchev–Trinajstić information content (AvgIpc) is 2.88. The van der Waals surface area contributed by atoms with Crippen molar-refractivity contribution < 1.29 is 4.79 Å². The highest BCUT2D eigenvalue weighted by Gasteiger charge is 2.09. The molecule has 2 aromatic heterocycles. The SMILES string of the molecule is Cc1cnc(NC(=O)Cc2nc(CCl)cs2)s1. The zero-order valence-electron chi connectivity index (χ0n) is 9.07. The number of hydrogen-bond donors (Lipinski definition) is 1. The fourth-order valence-corrected chi connectivity index (χ4v) is 2.91. The predicted octanol–water partition coefficient (Wildman–Crippen LogP) is 2.83. The predicted molar refractivity (Wildman–Crippen MR) is 70.9 cm³/mol. The second-order valence-electron chi connectivity index (χ2n) is 3.37. The van der Waals surface area contributed by atoms with Gasteiger partial charge in [-0.25, -0.2) is 9.97 Å². The number of amides is 1. The number of carbonyl (C=O) groups excluding carboxylic acids is 1. The Morgan fingerprint density at radius 2 is 2.41 bits per heavy atom. The van der Waals surface area contributed by atoms with Crippen LogP contribution < -0.4 is 5.32 Å². The second-order valence-corrected chi connectivity index (χ2v) is 5.81. The number of aryl methyl sites for hydroxylation is 1. The van der Waals surface area contributed by atoms with Crippen molar-refractivity contribution in [2.24, 2.45) is 0 Å². The number of nitrogens with one attached hydrogen (secondary N) is 1. The Hall–Kier alpha value is -0.980. The van der Waals surface area contributed by atoms with Crippen LogP contribution in [0.2, 0.25) is 0 Å². The molecule has 1 N–H and O–H groups in total. The van der Waals surface area contributed by atoms with Crippen molar-refractivity contribution in [3.63, 3.8) is 0 Å². The summed E-state index contributed by atoms with van der Waals surface area (Å²) in [5.41, 5.74) is 0.810. The molecule has 0 fully saturated rings. The molecule has 0 unspecified atom stereocenters. The number of carbonyl (C=O) groups is 1. The molecule has 0 bridgehead atoms. The van der Waals surface area contributed by atoms with Crippen LogP contribution in [0.3, 0.4) is 0 Å². The Kier molecular flexibility index (Phi) is 4.09. The van der Waals surface area contributed by atoms with Gasteiger partial charge in [0.1, 0.15) is 5.01 Å². The lowest BCUT2D eigenvalue weighted by Crippen LogP contribution is -2.14. The van der Waals surface area contributed by atoms with E-state index in [1.165, 1.54) is 22.7 Å². The van der Waals surface area contributed by atoms with Gasteiger partial charge < -0.3 is 5.32 Å². The molecule has 0 aromatic carbocycles. The number of hydrogen-bond acceptors (Lipinski definition) is 5. The van der Waals surface area contributed by atoms with Gasteiger partial charge in [0.05, 0.1) is 18.0 Å². The van der Waals surface area contributed by atoms with E-state index in [9.17, 15) is 4.79 Å². The molecule has 0 saturated carbocycles. The van der Waals surface area contributed by atoms with E-state index >= 15 is 0 Å². The van der Waals surface area contributed by atoms with Crippen LogP contribution in [0.15, 0.2) is 11.6 Å². The maximum absolute atomic E-state index is 11.7. The molecule has 0 atom stereocenters. The largest absolute Gasteiger partial charge is 0.302 e. The number of halogens is 1. The summed E-state index contributed by atoms with van der Waals surface area (Å²) in [7, 11) is 0. The van der Waals surface area contributed by atoms with E-state index in [1.54, 1.807) is 6.20 Å². The van der Waals surface area contributed by atoms with Gasteiger partial charge in [0.15, 0.2) is 5.13 Å². The van der Waals surface area contributed by atoms with Gasteiger partial charge in [-0.1, -0.05) is 0 Å². The van der Waals surface area contributed by atoms with E-state index in [4.69, 9.17) is 11.6 Å². The monoisotopic (exact) mass is 287 g/mol. The highest BCUT2D eigenvalue weighted by atomic mass is 35.5. The molecule has 0 radical (unpaired) electrons. The van der Waals surface area contributed by atoms with Gasteiger partial charge in [-0.2, -0.15) is 0 Å². The minimum absolute atomic E-state index is 0.102. The zero-order valence-corrected chi connectivity index (χ0v) is 11.5. The number of thiazole rings is 2. The standard InChI is InChI=1S/C10H10ClN3OS2/c1-6-4-12-10(17-6)14-8(15)2-9-13-7(3-11)5-16-9/h4-5H,2-3H2,1H3,(H,12,14,15). The van der Waals surface area contributed by atoms with Gasteiger partial charge >= 0.3 is 0 Å². The minimum Gasteiger partial charge on any atom is -0.302 e. The minimum atomic E-state index is -0.102. The zero-order chi connectivity index (χ0) is 12.3. The van der Waals surface area contributed by atoms with E-state index < -0.39 is 0 Å². The van der Waals surface area contributed by atoms with Crippen molar-refractivity contribution in [2.45, 2.75) is 19.2 Å². The smallest absolute Gasteiger partial charge is 0.233 e. The Balaban J connectivity index is 1.93. The van der Waals surface area contributed by atoms with Crippen molar-refractivity contribution in [1.82, 2.24) is 9.97 Å². The first-order valence-electron chi connectivity index (χ1n) is 4.89. The summed E-state index contributed by atoms with van der Waals surface area (Å²) in [5, 5.41) is 6.00. The Morgan fingerprint density at radius 3 is 3.00 bits per heavy atom. The molecule has 0 spiro atoms. The number of alkyl halides is 1. The van der Waals surface area contributed by atoms with E-state index in [-0.39, 0.29) is 12.3 Å². The molecule has 0 aliphatic carbocycles. The molecule has 0 aliphatic rings. The molecule has 17 heavy (non-hydrogen) atoms. The first-order valence-corrected chi connectivity index (χ1v) is 7.12. The molecule has 2 rings (SSSR count). The van der Waals surface area contributed by atoms with Crippen LogP contribution in [0.25, 0.3) is 0 Å². The summed E-state index contributed by atoms with van der Waals surface area (Å²) < 4.78 is 0. The molecule has 2 aromatic rings. The third-order valence-corrected chi connectivity index (χ3v) is 3.92. The lowest BCUT2D eigenvalue weighted by Gasteiger charge is -1.98. The van der Waals surface area contributed by atoms with Gasteiger partial charge in [-0.3, -0.25) is 4.79 Å². The third kappa shape index (κ3) is 3.49. The molecule has 7 heteroatoms. The maximum Gasteiger partial charge on any atom is 0.233 e. The van der Waals surface area contributed by atoms with Crippen molar-refractivity contribution in [3.05, 3.63) is 27.2 Å². The average molecular weight is 288 g/mol. The van der Waals surface area contributed by atoms with Crippen LogP contribution in [0.4, 0.5) is 5.13 Å². The quantitative estimate of drug-likeness (QED) is 0.880. The lowest BCUT2D eigenvalue weighted by molar-refractivity contribution is -0.115. The summed E-state index contributed by atoms with van der Waals surface area (Å²) in [4.78, 5) is 21.0. The van der Waals surface area contributed by atoms with Gasteiger partial charge in [-0.15, -0.1) is 34.3 Å². The molecular weight excluding hydrogens is 278 g/mol. The third-order valence-electron chi connectivity index (χ3n) is 1.92. The van der Waals surface area contributed by atoms with Crippen molar-refractivity contribution in [3.8, 4) is 0 Å². The fourth-order valence-electron chi connectivity index (χ4n) is 1.20.